The second-order valence-corrected chi connectivity index (χ2v) is 5.77. The van der Waals surface area contributed by atoms with E-state index in [0.717, 1.165) is 10.0 Å². The average Bonchev–Trinajstić information content (AvgIpc) is 2.17. The molecule has 1 aromatic carbocycles. The van der Waals surface area contributed by atoms with Gasteiger partial charge in [-0.15, -0.1) is 0 Å². The molecule has 0 unspecified atom stereocenters. The quantitative estimate of drug-likeness (QED) is 0.914. The molecule has 1 aromatic rings. The van der Waals surface area contributed by atoms with Gasteiger partial charge in [0.25, 0.3) is 0 Å². The molecule has 0 bridgehead atoms. The summed E-state index contributed by atoms with van der Waals surface area (Å²) in [7, 11) is -3.11. The Morgan fingerprint density at radius 1 is 1.36 bits per heavy atom. The van der Waals surface area contributed by atoms with Crippen LogP contribution in [0.1, 0.15) is 12.5 Å². The summed E-state index contributed by atoms with van der Waals surface area (Å²) in [6, 6.07) is 7.53. The van der Waals surface area contributed by atoms with E-state index in [1.165, 1.54) is 0 Å². The second-order valence-electron chi connectivity index (χ2n) is 2.82. The van der Waals surface area contributed by atoms with Crippen LogP contribution in [0.25, 0.3) is 0 Å². The fourth-order valence-electron chi connectivity index (χ4n) is 0.932. The molecule has 0 aromatic heterocycles. The Kier molecular flexibility index (Phi) is 4.10. The molecule has 0 amide bonds. The van der Waals surface area contributed by atoms with Crippen LogP contribution in [-0.4, -0.2) is 14.2 Å². The summed E-state index contributed by atoms with van der Waals surface area (Å²) in [5.74, 6) is 0.109. The Morgan fingerprint density at radius 2 is 2.00 bits per heavy atom. The van der Waals surface area contributed by atoms with Gasteiger partial charge in [0.2, 0.25) is 10.0 Å². The van der Waals surface area contributed by atoms with E-state index in [9.17, 15) is 8.42 Å². The number of rotatable bonds is 4. The van der Waals surface area contributed by atoms with Crippen molar-refractivity contribution in [1.29, 1.82) is 0 Å². The molecule has 0 saturated heterocycles. The summed E-state index contributed by atoms with van der Waals surface area (Å²) < 4.78 is 25.7. The van der Waals surface area contributed by atoms with Crippen molar-refractivity contribution in [2.45, 2.75) is 13.5 Å². The van der Waals surface area contributed by atoms with Gasteiger partial charge in [-0.3, -0.25) is 0 Å². The van der Waals surface area contributed by atoms with Crippen LogP contribution < -0.4 is 4.72 Å². The van der Waals surface area contributed by atoms with Gasteiger partial charge in [-0.2, -0.15) is 0 Å². The molecule has 0 aliphatic carbocycles. The van der Waals surface area contributed by atoms with Crippen LogP contribution in [0.3, 0.4) is 0 Å². The van der Waals surface area contributed by atoms with Crippen molar-refractivity contribution in [3.05, 3.63) is 34.3 Å². The zero-order valence-electron chi connectivity index (χ0n) is 7.83. The van der Waals surface area contributed by atoms with E-state index in [0.29, 0.717) is 6.54 Å². The highest BCUT2D eigenvalue weighted by Gasteiger charge is 2.06. The fraction of sp³-hybridized carbons (Fsp3) is 0.333. The molecule has 1 N–H and O–H groups in total. The van der Waals surface area contributed by atoms with Crippen molar-refractivity contribution in [3.8, 4) is 0 Å². The van der Waals surface area contributed by atoms with E-state index in [1.807, 2.05) is 24.3 Å². The maximum atomic E-state index is 11.2. The minimum Gasteiger partial charge on any atom is -0.212 e. The molecular weight excluding hydrogens is 266 g/mol. The summed E-state index contributed by atoms with van der Waals surface area (Å²) in [4.78, 5) is 0. The standard InChI is InChI=1S/C9H12BrNO2S/c1-2-14(12,13)11-7-8-5-3-4-6-9(8)10/h3-6,11H,2,7H2,1H3. The molecule has 0 aliphatic rings. The molecule has 0 saturated carbocycles. The summed E-state index contributed by atoms with van der Waals surface area (Å²) >= 11 is 3.35. The second kappa shape index (κ2) is 4.91. The van der Waals surface area contributed by atoms with Gasteiger partial charge in [0.15, 0.2) is 0 Å². The number of benzene rings is 1. The van der Waals surface area contributed by atoms with Gasteiger partial charge in [-0.05, 0) is 18.6 Å². The van der Waals surface area contributed by atoms with E-state index in [4.69, 9.17) is 0 Å². The Bertz CT molecular complexity index is 403. The van der Waals surface area contributed by atoms with Crippen LogP contribution in [0.15, 0.2) is 28.7 Å². The highest BCUT2D eigenvalue weighted by atomic mass is 79.9. The first-order valence-electron chi connectivity index (χ1n) is 4.26. The monoisotopic (exact) mass is 277 g/mol. The van der Waals surface area contributed by atoms with Crippen LogP contribution in [0, 0.1) is 0 Å². The zero-order chi connectivity index (χ0) is 10.6. The number of nitrogens with one attached hydrogen (secondary N) is 1. The van der Waals surface area contributed by atoms with Gasteiger partial charge in [-0.1, -0.05) is 34.1 Å². The van der Waals surface area contributed by atoms with Crippen LogP contribution in [0.2, 0.25) is 0 Å². The normalized spacial score (nSPS) is 11.6. The van der Waals surface area contributed by atoms with Crippen molar-refractivity contribution in [1.82, 2.24) is 4.72 Å². The lowest BCUT2D eigenvalue weighted by Crippen LogP contribution is -2.24. The lowest BCUT2D eigenvalue weighted by molar-refractivity contribution is 0.582. The molecule has 14 heavy (non-hydrogen) atoms. The van der Waals surface area contributed by atoms with Crippen LogP contribution >= 0.6 is 15.9 Å². The summed E-state index contributed by atoms with van der Waals surface area (Å²) in [6.45, 7) is 1.94. The van der Waals surface area contributed by atoms with E-state index in [-0.39, 0.29) is 5.75 Å². The van der Waals surface area contributed by atoms with Gasteiger partial charge < -0.3 is 0 Å². The van der Waals surface area contributed by atoms with Gasteiger partial charge in [-0.25, -0.2) is 13.1 Å². The lowest BCUT2D eigenvalue weighted by atomic mass is 10.2. The molecule has 78 valence electrons. The largest absolute Gasteiger partial charge is 0.212 e. The van der Waals surface area contributed by atoms with Gasteiger partial charge >= 0.3 is 0 Å². The number of hydrogen-bond donors (Lipinski definition) is 1. The Balaban J connectivity index is 2.68. The summed E-state index contributed by atoms with van der Waals surface area (Å²) in [5.41, 5.74) is 0.935. The first-order valence-corrected chi connectivity index (χ1v) is 6.70. The van der Waals surface area contributed by atoms with Gasteiger partial charge in [0, 0.05) is 11.0 Å². The Labute approximate surface area is 92.7 Å². The molecule has 0 fully saturated rings. The van der Waals surface area contributed by atoms with Crippen molar-refractivity contribution >= 4 is 26.0 Å². The molecular formula is C9H12BrNO2S. The highest BCUT2D eigenvalue weighted by Crippen LogP contribution is 2.15. The van der Waals surface area contributed by atoms with Crippen molar-refractivity contribution in [3.63, 3.8) is 0 Å². The van der Waals surface area contributed by atoms with E-state index < -0.39 is 10.0 Å². The van der Waals surface area contributed by atoms with Crippen LogP contribution in [-0.2, 0) is 16.6 Å². The van der Waals surface area contributed by atoms with Crippen LogP contribution in [0.4, 0.5) is 0 Å². The molecule has 5 heteroatoms. The number of halogens is 1. The predicted molar refractivity (Wildman–Crippen MR) is 60.4 cm³/mol. The van der Waals surface area contributed by atoms with Crippen molar-refractivity contribution < 1.29 is 8.42 Å². The Morgan fingerprint density at radius 3 is 2.57 bits per heavy atom. The molecule has 0 spiro atoms. The molecule has 0 aliphatic heterocycles. The predicted octanol–water partition coefficient (Wildman–Crippen LogP) is 1.89. The maximum Gasteiger partial charge on any atom is 0.211 e. The molecule has 0 heterocycles. The van der Waals surface area contributed by atoms with E-state index in [1.54, 1.807) is 6.92 Å². The Hall–Kier alpha value is -0.390. The topological polar surface area (TPSA) is 46.2 Å². The molecule has 0 radical (unpaired) electrons. The summed E-state index contributed by atoms with van der Waals surface area (Å²) in [5, 5.41) is 0. The number of hydrogen-bond acceptors (Lipinski definition) is 2. The summed E-state index contributed by atoms with van der Waals surface area (Å²) in [6.07, 6.45) is 0. The third kappa shape index (κ3) is 3.40. The fourth-order valence-corrected chi connectivity index (χ4v) is 1.94. The van der Waals surface area contributed by atoms with Crippen LogP contribution in [0.5, 0.6) is 0 Å². The van der Waals surface area contributed by atoms with Gasteiger partial charge in [0.1, 0.15) is 0 Å². The molecule has 0 atom stereocenters. The first kappa shape index (κ1) is 11.7. The van der Waals surface area contributed by atoms with Crippen molar-refractivity contribution in [2.24, 2.45) is 0 Å². The molecule has 1 rings (SSSR count). The van der Waals surface area contributed by atoms with E-state index >= 15 is 0 Å². The zero-order valence-corrected chi connectivity index (χ0v) is 10.2. The number of sulfonamides is 1. The minimum atomic E-state index is -3.11. The minimum absolute atomic E-state index is 0.109. The van der Waals surface area contributed by atoms with Crippen molar-refractivity contribution in [2.75, 3.05) is 5.75 Å². The SMILES string of the molecule is CCS(=O)(=O)NCc1ccccc1Br. The third-order valence-corrected chi connectivity index (χ3v) is 3.94. The maximum absolute atomic E-state index is 11.2. The molecule has 3 nitrogen and oxygen atoms in total. The average molecular weight is 278 g/mol. The highest BCUT2D eigenvalue weighted by molar-refractivity contribution is 9.10. The first-order chi connectivity index (χ1) is 6.55. The smallest absolute Gasteiger partial charge is 0.211 e. The lowest BCUT2D eigenvalue weighted by Gasteiger charge is -2.05. The van der Waals surface area contributed by atoms with E-state index in [2.05, 4.69) is 20.7 Å². The third-order valence-electron chi connectivity index (χ3n) is 1.82. The van der Waals surface area contributed by atoms with Gasteiger partial charge in [0.05, 0.1) is 5.75 Å².